The van der Waals surface area contributed by atoms with Gasteiger partial charge in [-0.15, -0.1) is 0 Å². The molecule has 0 unspecified atom stereocenters. The number of benzene rings is 1. The lowest BCUT2D eigenvalue weighted by Crippen LogP contribution is -2.21. The van der Waals surface area contributed by atoms with Crippen LogP contribution in [0.5, 0.6) is 0 Å². The zero-order valence-corrected chi connectivity index (χ0v) is 22.8. The van der Waals surface area contributed by atoms with E-state index in [-0.39, 0.29) is 0 Å². The highest BCUT2D eigenvalue weighted by Gasteiger charge is 2.12. The highest BCUT2D eigenvalue weighted by atomic mass is 15.0. The fourth-order valence-electron chi connectivity index (χ4n) is 3.56. The zero-order chi connectivity index (χ0) is 25.2. The van der Waals surface area contributed by atoms with Gasteiger partial charge in [-0.3, -0.25) is 0 Å². The summed E-state index contributed by atoms with van der Waals surface area (Å²) >= 11 is 0. The van der Waals surface area contributed by atoms with Gasteiger partial charge in [0.15, 0.2) is 0 Å². The van der Waals surface area contributed by atoms with E-state index in [1.54, 1.807) is 0 Å². The van der Waals surface area contributed by atoms with Crippen molar-refractivity contribution >= 4 is 22.4 Å². The second kappa shape index (κ2) is 18.0. The Morgan fingerprint density at radius 2 is 1.55 bits per heavy atom. The standard InChI is InChI=1S/C22H31N5.3C2H6/c1-5-15(6-2)13-25-14-16-7-8-19-17(11-16)12-20(27-19)18-9-10-26-22(24-4)21(18)23-3;3*1-2/h7-12,15,23,25,27H,5-6,13-14H2,1-4H3,(H,24,26);3*1-2H3. The molecule has 0 bridgehead atoms. The lowest BCUT2D eigenvalue weighted by atomic mass is 10.0. The van der Waals surface area contributed by atoms with Crippen molar-refractivity contribution < 1.29 is 0 Å². The Labute approximate surface area is 203 Å². The van der Waals surface area contributed by atoms with E-state index in [9.17, 15) is 0 Å². The average Bonchev–Trinajstić information content (AvgIpc) is 3.33. The molecule has 2 aromatic heterocycles. The SMILES string of the molecule is CC.CC.CC.CCC(CC)CNCc1ccc2[nH]c(-c3ccnc(NC)c3NC)cc2c1. The molecule has 33 heavy (non-hydrogen) atoms. The molecule has 5 heteroatoms. The maximum absolute atomic E-state index is 4.39. The molecule has 5 nitrogen and oxygen atoms in total. The van der Waals surface area contributed by atoms with Crippen LogP contribution in [0.1, 0.15) is 73.8 Å². The van der Waals surface area contributed by atoms with Gasteiger partial charge in [0.25, 0.3) is 0 Å². The van der Waals surface area contributed by atoms with Crippen LogP contribution in [0, 0.1) is 5.92 Å². The minimum Gasteiger partial charge on any atom is -0.385 e. The smallest absolute Gasteiger partial charge is 0.149 e. The minimum atomic E-state index is 0.764. The van der Waals surface area contributed by atoms with Crippen LogP contribution in [0.25, 0.3) is 22.2 Å². The number of anilines is 2. The number of pyridine rings is 1. The first-order valence-corrected chi connectivity index (χ1v) is 12.9. The number of aromatic amines is 1. The van der Waals surface area contributed by atoms with Gasteiger partial charge in [-0.25, -0.2) is 4.98 Å². The number of nitrogens with one attached hydrogen (secondary N) is 4. The van der Waals surface area contributed by atoms with Crippen molar-refractivity contribution in [1.29, 1.82) is 0 Å². The lowest BCUT2D eigenvalue weighted by molar-refractivity contribution is 0.449. The largest absolute Gasteiger partial charge is 0.385 e. The summed E-state index contributed by atoms with van der Waals surface area (Å²) in [5.74, 6) is 1.61. The van der Waals surface area contributed by atoms with Gasteiger partial charge < -0.3 is 20.9 Å². The van der Waals surface area contributed by atoms with Crippen molar-refractivity contribution in [2.75, 3.05) is 31.3 Å². The Hall–Kier alpha value is -2.53. The van der Waals surface area contributed by atoms with Gasteiger partial charge in [0.05, 0.1) is 5.69 Å². The van der Waals surface area contributed by atoms with Crippen molar-refractivity contribution in [1.82, 2.24) is 15.3 Å². The Morgan fingerprint density at radius 3 is 2.12 bits per heavy atom. The van der Waals surface area contributed by atoms with Crippen LogP contribution in [0.2, 0.25) is 0 Å². The first-order valence-electron chi connectivity index (χ1n) is 12.9. The average molecular weight is 456 g/mol. The summed E-state index contributed by atoms with van der Waals surface area (Å²) in [4.78, 5) is 7.93. The van der Waals surface area contributed by atoms with Crippen molar-refractivity contribution in [3.63, 3.8) is 0 Å². The van der Waals surface area contributed by atoms with Gasteiger partial charge >= 0.3 is 0 Å². The number of aromatic nitrogens is 2. The minimum absolute atomic E-state index is 0.764. The highest BCUT2D eigenvalue weighted by molar-refractivity contribution is 5.91. The van der Waals surface area contributed by atoms with Gasteiger partial charge in [-0.05, 0) is 42.3 Å². The van der Waals surface area contributed by atoms with Crippen LogP contribution >= 0.6 is 0 Å². The van der Waals surface area contributed by atoms with Crippen molar-refractivity contribution in [3.8, 4) is 11.3 Å². The lowest BCUT2D eigenvalue weighted by Gasteiger charge is -2.13. The van der Waals surface area contributed by atoms with Crippen molar-refractivity contribution in [2.24, 2.45) is 5.92 Å². The topological polar surface area (TPSA) is 64.8 Å². The summed E-state index contributed by atoms with van der Waals surface area (Å²) in [6, 6.07) is 10.9. The number of nitrogens with zero attached hydrogens (tertiary/aromatic N) is 1. The predicted octanol–water partition coefficient (Wildman–Crippen LogP) is 7.92. The Balaban J connectivity index is 0.00000158. The molecule has 186 valence electrons. The zero-order valence-electron chi connectivity index (χ0n) is 22.8. The Bertz CT molecular complexity index is 881. The number of fused-ring (bicyclic) bond motifs is 1. The summed E-state index contributed by atoms with van der Waals surface area (Å²) in [5, 5.41) is 11.2. The third-order valence-electron chi connectivity index (χ3n) is 5.33. The summed E-state index contributed by atoms with van der Waals surface area (Å²) in [7, 11) is 3.81. The monoisotopic (exact) mass is 455 g/mol. The summed E-state index contributed by atoms with van der Waals surface area (Å²) in [6.45, 7) is 18.5. The van der Waals surface area contributed by atoms with Gasteiger partial charge in [0, 0.05) is 49.0 Å². The van der Waals surface area contributed by atoms with Crippen LogP contribution < -0.4 is 16.0 Å². The quantitative estimate of drug-likeness (QED) is 0.264. The van der Waals surface area contributed by atoms with Crippen LogP contribution in [-0.2, 0) is 6.54 Å². The van der Waals surface area contributed by atoms with E-state index in [0.717, 1.165) is 47.3 Å². The van der Waals surface area contributed by atoms with Crippen molar-refractivity contribution in [3.05, 3.63) is 42.1 Å². The molecule has 3 aromatic rings. The van der Waals surface area contributed by atoms with E-state index in [4.69, 9.17) is 0 Å². The molecule has 0 aliphatic carbocycles. The first-order chi connectivity index (χ1) is 16.2. The molecular weight excluding hydrogens is 406 g/mol. The van der Waals surface area contributed by atoms with E-state index >= 15 is 0 Å². The van der Waals surface area contributed by atoms with E-state index in [1.807, 2.05) is 67.9 Å². The third-order valence-corrected chi connectivity index (χ3v) is 5.33. The van der Waals surface area contributed by atoms with Crippen LogP contribution in [0.15, 0.2) is 36.5 Å². The van der Waals surface area contributed by atoms with Gasteiger partial charge in [-0.2, -0.15) is 0 Å². The molecule has 0 fully saturated rings. The predicted molar refractivity (Wildman–Crippen MR) is 150 cm³/mol. The molecule has 1 aromatic carbocycles. The van der Waals surface area contributed by atoms with E-state index in [1.165, 1.54) is 23.8 Å². The Kier molecular flexibility index (Phi) is 16.6. The third kappa shape index (κ3) is 8.73. The second-order valence-corrected chi connectivity index (χ2v) is 7.00. The van der Waals surface area contributed by atoms with E-state index in [2.05, 4.69) is 64.0 Å². The molecule has 0 radical (unpaired) electrons. The van der Waals surface area contributed by atoms with Crippen LogP contribution in [0.3, 0.4) is 0 Å². The summed E-state index contributed by atoms with van der Waals surface area (Å²) in [5.41, 5.74) is 5.67. The molecule has 3 rings (SSSR count). The number of H-pyrrole nitrogens is 1. The van der Waals surface area contributed by atoms with E-state index < -0.39 is 0 Å². The van der Waals surface area contributed by atoms with Crippen LogP contribution in [0.4, 0.5) is 11.5 Å². The molecule has 0 saturated heterocycles. The fraction of sp³-hybridized carbons (Fsp3) is 0.536. The summed E-state index contributed by atoms with van der Waals surface area (Å²) < 4.78 is 0. The number of rotatable bonds is 9. The fourth-order valence-corrected chi connectivity index (χ4v) is 3.56. The Morgan fingerprint density at radius 1 is 0.879 bits per heavy atom. The number of hydrogen-bond acceptors (Lipinski definition) is 4. The maximum atomic E-state index is 4.39. The molecule has 0 amide bonds. The molecule has 4 N–H and O–H groups in total. The van der Waals surface area contributed by atoms with Gasteiger partial charge in [0.1, 0.15) is 5.82 Å². The highest BCUT2D eigenvalue weighted by Crippen LogP contribution is 2.33. The molecule has 0 saturated carbocycles. The van der Waals surface area contributed by atoms with Crippen molar-refractivity contribution in [2.45, 2.75) is 74.8 Å². The van der Waals surface area contributed by atoms with Gasteiger partial charge in [0.2, 0.25) is 0 Å². The van der Waals surface area contributed by atoms with E-state index in [0.29, 0.717) is 0 Å². The maximum Gasteiger partial charge on any atom is 0.149 e. The van der Waals surface area contributed by atoms with Gasteiger partial charge in [-0.1, -0.05) is 74.3 Å². The summed E-state index contributed by atoms with van der Waals surface area (Å²) in [6.07, 6.45) is 4.30. The first kappa shape index (κ1) is 30.5. The molecule has 0 spiro atoms. The van der Waals surface area contributed by atoms with Crippen LogP contribution in [-0.4, -0.2) is 30.6 Å². The molecule has 0 aliphatic rings. The second-order valence-electron chi connectivity index (χ2n) is 7.00. The normalized spacial score (nSPS) is 9.79. The molecular formula is C28H49N5. The molecule has 2 heterocycles. The molecule has 0 aliphatic heterocycles. The number of hydrogen-bond donors (Lipinski definition) is 4. The molecule has 0 atom stereocenters.